The first-order valence-corrected chi connectivity index (χ1v) is 7.33. The number of hydrogen-bond acceptors (Lipinski definition) is 2. The van der Waals surface area contributed by atoms with Crippen molar-refractivity contribution in [3.05, 3.63) is 77.0 Å². The molecule has 0 saturated heterocycles. The van der Waals surface area contributed by atoms with Gasteiger partial charge < -0.3 is 0 Å². The van der Waals surface area contributed by atoms with Gasteiger partial charge in [0.15, 0.2) is 5.78 Å². The molecular formula is C19H15NO. The number of para-hydroxylation sites is 1. The first kappa shape index (κ1) is 12.3. The molecule has 4 rings (SSSR count). The Bertz CT molecular complexity index is 846. The Balaban J connectivity index is 1.83. The molecule has 0 aliphatic heterocycles. The third-order valence-electron chi connectivity index (χ3n) is 4.24. The minimum absolute atomic E-state index is 0.0639. The van der Waals surface area contributed by atoms with Crippen LogP contribution < -0.4 is 0 Å². The number of aromatic nitrogens is 1. The topological polar surface area (TPSA) is 30.0 Å². The number of aryl methyl sites for hydroxylation is 2. The third kappa shape index (κ3) is 2.04. The average molecular weight is 273 g/mol. The summed E-state index contributed by atoms with van der Waals surface area (Å²) in [7, 11) is 0. The highest BCUT2D eigenvalue weighted by Gasteiger charge is 2.17. The molecule has 0 unspecified atom stereocenters. The Labute approximate surface area is 123 Å². The van der Waals surface area contributed by atoms with E-state index in [0.29, 0.717) is 5.56 Å². The Morgan fingerprint density at radius 2 is 1.81 bits per heavy atom. The number of pyridine rings is 1. The predicted octanol–water partition coefficient (Wildman–Crippen LogP) is 3.95. The van der Waals surface area contributed by atoms with Gasteiger partial charge in [-0.2, -0.15) is 0 Å². The van der Waals surface area contributed by atoms with Crippen molar-refractivity contribution in [2.75, 3.05) is 0 Å². The number of carbonyl (C=O) groups is 1. The Morgan fingerprint density at radius 3 is 2.76 bits per heavy atom. The van der Waals surface area contributed by atoms with Gasteiger partial charge in [0, 0.05) is 22.7 Å². The maximum atomic E-state index is 12.8. The summed E-state index contributed by atoms with van der Waals surface area (Å²) in [6.07, 6.45) is 5.16. The molecule has 2 heteroatoms. The lowest BCUT2D eigenvalue weighted by Gasteiger charge is -2.07. The van der Waals surface area contributed by atoms with Gasteiger partial charge in [-0.05, 0) is 48.6 Å². The highest BCUT2D eigenvalue weighted by atomic mass is 16.1. The van der Waals surface area contributed by atoms with Gasteiger partial charge in [0.2, 0.25) is 0 Å². The number of nitrogens with zero attached hydrogens (tertiary/aromatic N) is 1. The van der Waals surface area contributed by atoms with Crippen LogP contribution in [0, 0.1) is 0 Å². The summed E-state index contributed by atoms with van der Waals surface area (Å²) in [5, 5.41) is 1.00. The van der Waals surface area contributed by atoms with E-state index in [4.69, 9.17) is 0 Å². The second-order valence-corrected chi connectivity index (χ2v) is 5.55. The summed E-state index contributed by atoms with van der Waals surface area (Å²) in [6.45, 7) is 0. The second kappa shape index (κ2) is 4.81. The van der Waals surface area contributed by atoms with Gasteiger partial charge >= 0.3 is 0 Å². The fourth-order valence-corrected chi connectivity index (χ4v) is 3.16. The monoisotopic (exact) mass is 273 g/mol. The summed E-state index contributed by atoms with van der Waals surface area (Å²) in [5.41, 5.74) is 4.96. The van der Waals surface area contributed by atoms with Crippen molar-refractivity contribution in [3.63, 3.8) is 0 Å². The van der Waals surface area contributed by atoms with E-state index in [2.05, 4.69) is 17.1 Å². The standard InChI is InChI=1S/C19H15NO/c21-19(16-10-9-13-4-1-6-15(13)12-16)17-8-2-5-14-7-3-11-20-18(14)17/h2-3,5,7-12H,1,4,6H2. The fraction of sp³-hybridized carbons (Fsp3) is 0.158. The molecule has 102 valence electrons. The molecule has 1 aromatic heterocycles. The number of fused-ring (bicyclic) bond motifs is 2. The van der Waals surface area contributed by atoms with Crippen molar-refractivity contribution >= 4 is 16.7 Å². The van der Waals surface area contributed by atoms with Crippen molar-refractivity contribution in [2.45, 2.75) is 19.3 Å². The molecule has 0 amide bonds. The van der Waals surface area contributed by atoms with Crippen molar-refractivity contribution < 1.29 is 4.79 Å². The molecule has 21 heavy (non-hydrogen) atoms. The molecule has 0 saturated carbocycles. The molecule has 0 atom stereocenters. The Morgan fingerprint density at radius 1 is 0.952 bits per heavy atom. The summed E-state index contributed by atoms with van der Waals surface area (Å²) in [5.74, 6) is 0.0639. The molecule has 1 aliphatic carbocycles. The second-order valence-electron chi connectivity index (χ2n) is 5.55. The van der Waals surface area contributed by atoms with Crippen molar-refractivity contribution in [3.8, 4) is 0 Å². The van der Waals surface area contributed by atoms with Gasteiger partial charge in [-0.1, -0.05) is 30.3 Å². The van der Waals surface area contributed by atoms with Crippen LogP contribution in [0.4, 0.5) is 0 Å². The summed E-state index contributed by atoms with van der Waals surface area (Å²) in [6, 6.07) is 15.8. The molecule has 0 fully saturated rings. The minimum Gasteiger partial charge on any atom is -0.289 e. The average Bonchev–Trinajstić information content (AvgIpc) is 3.01. The van der Waals surface area contributed by atoms with Crippen LogP contribution in [0.2, 0.25) is 0 Å². The zero-order valence-electron chi connectivity index (χ0n) is 11.7. The number of benzene rings is 2. The molecule has 1 aliphatic rings. The molecule has 0 bridgehead atoms. The molecule has 1 heterocycles. The van der Waals surface area contributed by atoms with Gasteiger partial charge in [-0.3, -0.25) is 9.78 Å². The summed E-state index contributed by atoms with van der Waals surface area (Å²) >= 11 is 0. The molecular weight excluding hydrogens is 258 g/mol. The van der Waals surface area contributed by atoms with E-state index in [1.54, 1.807) is 6.20 Å². The number of rotatable bonds is 2. The quantitative estimate of drug-likeness (QED) is 0.662. The van der Waals surface area contributed by atoms with Crippen molar-refractivity contribution in [2.24, 2.45) is 0 Å². The van der Waals surface area contributed by atoms with Crippen LogP contribution in [0.15, 0.2) is 54.7 Å². The van der Waals surface area contributed by atoms with E-state index in [-0.39, 0.29) is 5.78 Å². The van der Waals surface area contributed by atoms with E-state index < -0.39 is 0 Å². The maximum Gasteiger partial charge on any atom is 0.195 e. The van der Waals surface area contributed by atoms with Crippen LogP contribution in [0.3, 0.4) is 0 Å². The van der Waals surface area contributed by atoms with Gasteiger partial charge in [-0.15, -0.1) is 0 Å². The van der Waals surface area contributed by atoms with Crippen LogP contribution in [0.5, 0.6) is 0 Å². The third-order valence-corrected chi connectivity index (χ3v) is 4.24. The van der Waals surface area contributed by atoms with Crippen LogP contribution in [0.25, 0.3) is 10.9 Å². The molecule has 2 aromatic carbocycles. The number of ketones is 1. The molecule has 2 nitrogen and oxygen atoms in total. The minimum atomic E-state index is 0.0639. The highest BCUT2D eigenvalue weighted by Crippen LogP contribution is 2.25. The lowest BCUT2D eigenvalue weighted by Crippen LogP contribution is -2.04. The van der Waals surface area contributed by atoms with Crippen LogP contribution in [-0.2, 0) is 12.8 Å². The lowest BCUT2D eigenvalue weighted by atomic mass is 9.97. The van der Waals surface area contributed by atoms with E-state index >= 15 is 0 Å². The Kier molecular flexibility index (Phi) is 2.81. The van der Waals surface area contributed by atoms with Gasteiger partial charge in [-0.25, -0.2) is 0 Å². The first-order valence-electron chi connectivity index (χ1n) is 7.33. The van der Waals surface area contributed by atoms with E-state index in [1.807, 2.05) is 36.4 Å². The van der Waals surface area contributed by atoms with Crippen molar-refractivity contribution in [1.82, 2.24) is 4.98 Å². The molecule has 0 spiro atoms. The van der Waals surface area contributed by atoms with Crippen molar-refractivity contribution in [1.29, 1.82) is 0 Å². The largest absolute Gasteiger partial charge is 0.289 e. The van der Waals surface area contributed by atoms with Crippen LogP contribution in [-0.4, -0.2) is 10.8 Å². The first-order chi connectivity index (χ1) is 10.3. The fourth-order valence-electron chi connectivity index (χ4n) is 3.16. The summed E-state index contributed by atoms with van der Waals surface area (Å²) in [4.78, 5) is 17.2. The van der Waals surface area contributed by atoms with Crippen LogP contribution in [0.1, 0.15) is 33.5 Å². The molecule has 3 aromatic rings. The molecule has 0 N–H and O–H groups in total. The predicted molar refractivity (Wildman–Crippen MR) is 83.6 cm³/mol. The van der Waals surface area contributed by atoms with Gasteiger partial charge in [0.1, 0.15) is 0 Å². The van der Waals surface area contributed by atoms with Gasteiger partial charge in [0.25, 0.3) is 0 Å². The smallest absolute Gasteiger partial charge is 0.195 e. The van der Waals surface area contributed by atoms with Gasteiger partial charge in [0.05, 0.1) is 5.52 Å². The van der Waals surface area contributed by atoms with E-state index in [0.717, 1.165) is 29.3 Å². The highest BCUT2D eigenvalue weighted by molar-refractivity contribution is 6.15. The van der Waals surface area contributed by atoms with Crippen LogP contribution >= 0.6 is 0 Å². The molecule has 0 radical (unpaired) electrons. The maximum absolute atomic E-state index is 12.8. The zero-order valence-corrected chi connectivity index (χ0v) is 11.7. The van der Waals surface area contributed by atoms with E-state index in [9.17, 15) is 4.79 Å². The zero-order chi connectivity index (χ0) is 14.2. The lowest BCUT2D eigenvalue weighted by molar-refractivity contribution is 0.104. The number of hydrogen-bond donors (Lipinski definition) is 0. The summed E-state index contributed by atoms with van der Waals surface area (Å²) < 4.78 is 0. The Hall–Kier alpha value is -2.48. The van der Waals surface area contributed by atoms with E-state index in [1.165, 1.54) is 17.5 Å². The normalized spacial score (nSPS) is 13.3. The SMILES string of the molecule is O=C(c1ccc2c(c1)CCC2)c1cccc2cccnc12. The number of carbonyl (C=O) groups excluding carboxylic acids is 1.